The van der Waals surface area contributed by atoms with Gasteiger partial charge in [0.15, 0.2) is 0 Å². The second-order valence-electron chi connectivity index (χ2n) is 8.79. The average molecular weight is 437 g/mol. The second-order valence-corrected chi connectivity index (χ2v) is 8.79. The van der Waals surface area contributed by atoms with Crippen LogP contribution >= 0.6 is 0 Å². The quantitative estimate of drug-likeness (QED) is 0.303. The molecule has 0 radical (unpaired) electrons. The maximum Gasteiger partial charge on any atom is 0.127 e. The van der Waals surface area contributed by atoms with E-state index >= 15 is 0 Å². The third-order valence-electron chi connectivity index (χ3n) is 5.89. The van der Waals surface area contributed by atoms with E-state index < -0.39 is 0 Å². The minimum atomic E-state index is 0.209. The minimum absolute atomic E-state index is 0.209. The van der Waals surface area contributed by atoms with Crippen LogP contribution in [0.2, 0.25) is 0 Å². The van der Waals surface area contributed by atoms with Gasteiger partial charge in [0.25, 0.3) is 0 Å². The van der Waals surface area contributed by atoms with Gasteiger partial charge >= 0.3 is 0 Å². The number of hydrogen-bond acceptors (Lipinski definition) is 3. The van der Waals surface area contributed by atoms with Crippen molar-refractivity contribution in [2.24, 2.45) is 0 Å². The zero-order valence-corrected chi connectivity index (χ0v) is 19.8. The predicted octanol–water partition coefficient (Wildman–Crippen LogP) is 6.78. The Kier molecular flexibility index (Phi) is 7.23. The first kappa shape index (κ1) is 22.8. The summed E-state index contributed by atoms with van der Waals surface area (Å²) in [7, 11) is 8.44. The third kappa shape index (κ3) is 5.51. The van der Waals surface area contributed by atoms with Crippen LogP contribution in [0.5, 0.6) is 11.5 Å². The highest BCUT2D eigenvalue weighted by molar-refractivity contribution is 5.40. The molecule has 0 aliphatic heterocycles. The fourth-order valence-electron chi connectivity index (χ4n) is 4.42. The zero-order chi connectivity index (χ0) is 23.2. The van der Waals surface area contributed by atoms with Gasteiger partial charge in [-0.3, -0.25) is 9.80 Å². The number of hydrogen-bond donors (Lipinski definition) is 0. The van der Waals surface area contributed by atoms with Gasteiger partial charge in [-0.1, -0.05) is 84.9 Å². The molecular weight excluding hydrogens is 404 g/mol. The van der Waals surface area contributed by atoms with E-state index in [0.717, 1.165) is 11.5 Å². The van der Waals surface area contributed by atoms with Crippen molar-refractivity contribution in [3.8, 4) is 11.5 Å². The molecule has 0 saturated heterocycles. The topological polar surface area (TPSA) is 15.7 Å². The van der Waals surface area contributed by atoms with E-state index in [1.54, 1.807) is 0 Å². The van der Waals surface area contributed by atoms with Gasteiger partial charge in [0.2, 0.25) is 0 Å². The van der Waals surface area contributed by atoms with E-state index in [1.807, 2.05) is 0 Å². The van der Waals surface area contributed by atoms with Crippen LogP contribution in [-0.2, 0) is 0 Å². The summed E-state index contributed by atoms with van der Waals surface area (Å²) in [6, 6.07) is 38.4. The monoisotopic (exact) mass is 436 g/mol. The van der Waals surface area contributed by atoms with Crippen molar-refractivity contribution >= 4 is 0 Å². The van der Waals surface area contributed by atoms with Crippen molar-refractivity contribution in [2.45, 2.75) is 12.1 Å². The molecule has 0 bridgehead atoms. The van der Waals surface area contributed by atoms with Crippen LogP contribution in [0.3, 0.4) is 0 Å². The molecule has 0 aliphatic carbocycles. The molecule has 0 fully saturated rings. The average Bonchev–Trinajstić information content (AvgIpc) is 2.83. The molecule has 0 aromatic heterocycles. The van der Waals surface area contributed by atoms with Crippen molar-refractivity contribution < 1.29 is 4.74 Å². The molecule has 0 heterocycles. The van der Waals surface area contributed by atoms with Crippen molar-refractivity contribution in [3.05, 3.63) is 131 Å². The standard InChI is InChI=1S/C30H32N2O/c1-31(2)29(23-11-7-5-8-12-23)25-15-19-27(20-16-25)33-28-21-17-26(18-22-28)30(32(3)4)24-13-9-6-10-14-24/h5-22,29-30H,1-4H3. The molecular formula is C30H32N2O. The summed E-state index contributed by atoms with van der Waals surface area (Å²) in [5.41, 5.74) is 5.04. The summed E-state index contributed by atoms with van der Waals surface area (Å²) in [5.74, 6) is 1.67. The lowest BCUT2D eigenvalue weighted by Crippen LogP contribution is -2.21. The van der Waals surface area contributed by atoms with E-state index in [9.17, 15) is 0 Å². The van der Waals surface area contributed by atoms with E-state index in [-0.39, 0.29) is 12.1 Å². The highest BCUT2D eigenvalue weighted by Gasteiger charge is 2.17. The van der Waals surface area contributed by atoms with Crippen LogP contribution < -0.4 is 4.74 Å². The Hall–Kier alpha value is -3.40. The Morgan fingerprint density at radius 3 is 1.03 bits per heavy atom. The number of benzene rings is 4. The van der Waals surface area contributed by atoms with Gasteiger partial charge < -0.3 is 4.74 Å². The summed E-state index contributed by atoms with van der Waals surface area (Å²) in [6.07, 6.45) is 0. The molecule has 4 aromatic carbocycles. The summed E-state index contributed by atoms with van der Waals surface area (Å²) in [5, 5.41) is 0. The van der Waals surface area contributed by atoms with Crippen molar-refractivity contribution in [2.75, 3.05) is 28.2 Å². The fraction of sp³-hybridized carbons (Fsp3) is 0.200. The number of rotatable bonds is 8. The second kappa shape index (κ2) is 10.5. The van der Waals surface area contributed by atoms with Crippen molar-refractivity contribution in [3.63, 3.8) is 0 Å². The van der Waals surface area contributed by atoms with Gasteiger partial charge in [0.05, 0.1) is 12.1 Å². The first-order chi connectivity index (χ1) is 16.0. The lowest BCUT2D eigenvalue weighted by Gasteiger charge is -2.26. The van der Waals surface area contributed by atoms with E-state index in [1.165, 1.54) is 22.3 Å². The van der Waals surface area contributed by atoms with Gasteiger partial charge in [-0.2, -0.15) is 0 Å². The maximum absolute atomic E-state index is 6.15. The molecule has 0 saturated carbocycles. The molecule has 4 aromatic rings. The molecule has 0 amide bonds. The van der Waals surface area contributed by atoms with Crippen LogP contribution in [-0.4, -0.2) is 38.0 Å². The normalized spacial score (nSPS) is 13.2. The highest BCUT2D eigenvalue weighted by atomic mass is 16.5. The Labute approximate surface area is 197 Å². The van der Waals surface area contributed by atoms with Crippen LogP contribution in [0.1, 0.15) is 34.3 Å². The fourth-order valence-corrected chi connectivity index (χ4v) is 4.42. The molecule has 168 valence electrons. The summed E-state index contributed by atoms with van der Waals surface area (Å²) >= 11 is 0. The molecule has 0 aliphatic rings. The van der Waals surface area contributed by atoms with Crippen LogP contribution in [0, 0.1) is 0 Å². The smallest absolute Gasteiger partial charge is 0.127 e. The van der Waals surface area contributed by atoms with Crippen LogP contribution in [0.4, 0.5) is 0 Å². The zero-order valence-electron chi connectivity index (χ0n) is 19.8. The molecule has 2 atom stereocenters. The molecule has 0 N–H and O–H groups in total. The van der Waals surface area contributed by atoms with Gasteiger partial charge in [0, 0.05) is 0 Å². The van der Waals surface area contributed by atoms with Crippen LogP contribution in [0.15, 0.2) is 109 Å². The Bertz CT molecular complexity index is 1030. The Morgan fingerprint density at radius 1 is 0.424 bits per heavy atom. The summed E-state index contributed by atoms with van der Waals surface area (Å²) in [4.78, 5) is 4.47. The first-order valence-electron chi connectivity index (χ1n) is 11.3. The number of nitrogens with zero attached hydrogens (tertiary/aromatic N) is 2. The lowest BCUT2D eigenvalue weighted by molar-refractivity contribution is 0.341. The minimum Gasteiger partial charge on any atom is -0.457 e. The molecule has 33 heavy (non-hydrogen) atoms. The highest BCUT2D eigenvalue weighted by Crippen LogP contribution is 2.31. The first-order valence-corrected chi connectivity index (χ1v) is 11.3. The third-order valence-corrected chi connectivity index (χ3v) is 5.89. The van der Waals surface area contributed by atoms with Crippen molar-refractivity contribution in [1.82, 2.24) is 9.80 Å². The van der Waals surface area contributed by atoms with Gasteiger partial charge in [0.1, 0.15) is 11.5 Å². The SMILES string of the molecule is CN(C)C(c1ccccc1)c1ccc(Oc2ccc(C(c3ccccc3)N(C)C)cc2)cc1. The lowest BCUT2D eigenvalue weighted by atomic mass is 9.97. The molecule has 2 unspecified atom stereocenters. The van der Waals surface area contributed by atoms with E-state index in [0.29, 0.717) is 0 Å². The van der Waals surface area contributed by atoms with E-state index in [4.69, 9.17) is 4.74 Å². The summed E-state index contributed by atoms with van der Waals surface area (Å²) in [6.45, 7) is 0. The summed E-state index contributed by atoms with van der Waals surface area (Å²) < 4.78 is 6.15. The van der Waals surface area contributed by atoms with Gasteiger partial charge in [-0.05, 0) is 74.7 Å². The van der Waals surface area contributed by atoms with Gasteiger partial charge in [-0.25, -0.2) is 0 Å². The van der Waals surface area contributed by atoms with E-state index in [2.05, 4.69) is 147 Å². The Morgan fingerprint density at radius 2 is 0.727 bits per heavy atom. The maximum atomic E-state index is 6.15. The van der Waals surface area contributed by atoms with Crippen LogP contribution in [0.25, 0.3) is 0 Å². The molecule has 4 rings (SSSR count). The van der Waals surface area contributed by atoms with Gasteiger partial charge in [-0.15, -0.1) is 0 Å². The number of ether oxygens (including phenoxy) is 1. The predicted molar refractivity (Wildman–Crippen MR) is 137 cm³/mol. The Balaban J connectivity index is 1.49. The molecule has 3 heteroatoms. The molecule has 0 spiro atoms. The molecule has 3 nitrogen and oxygen atoms in total. The van der Waals surface area contributed by atoms with Crippen molar-refractivity contribution in [1.29, 1.82) is 0 Å². The largest absolute Gasteiger partial charge is 0.457 e.